The van der Waals surface area contributed by atoms with E-state index in [1.807, 2.05) is 0 Å². The molecule has 1 saturated carbocycles. The lowest BCUT2D eigenvalue weighted by Crippen LogP contribution is -2.56. The first kappa shape index (κ1) is 35.2. The van der Waals surface area contributed by atoms with Gasteiger partial charge >= 0.3 is 12.4 Å². The van der Waals surface area contributed by atoms with Crippen molar-refractivity contribution >= 4 is 9.84 Å². The number of morpholine rings is 1. The molecule has 2 aliphatic rings. The van der Waals surface area contributed by atoms with Crippen molar-refractivity contribution < 1.29 is 57.4 Å². The van der Waals surface area contributed by atoms with E-state index >= 15 is 0 Å². The number of alkyl halides is 6. The van der Waals surface area contributed by atoms with Crippen molar-refractivity contribution in [3.8, 4) is 0 Å². The molecule has 3 aromatic carbocycles. The van der Waals surface area contributed by atoms with Crippen molar-refractivity contribution in [3.63, 3.8) is 0 Å². The molecular formula is C32H30F9NO4S. The number of nitrogens with zero attached hydrogens (tertiary/aromatic N) is 1. The summed E-state index contributed by atoms with van der Waals surface area (Å²) in [5.74, 6) is -3.51. The van der Waals surface area contributed by atoms with E-state index in [4.69, 9.17) is 4.74 Å². The summed E-state index contributed by atoms with van der Waals surface area (Å²) >= 11 is 0. The molecule has 5 nitrogen and oxygen atoms in total. The van der Waals surface area contributed by atoms with Crippen molar-refractivity contribution in [1.29, 1.82) is 0 Å². The minimum Gasteiger partial charge on any atom is -0.379 e. The Morgan fingerprint density at radius 3 is 1.83 bits per heavy atom. The zero-order valence-corrected chi connectivity index (χ0v) is 25.5. The Labute approximate surface area is 265 Å². The van der Waals surface area contributed by atoms with Crippen molar-refractivity contribution in [1.82, 2.24) is 4.90 Å². The van der Waals surface area contributed by atoms with Crippen molar-refractivity contribution in [2.24, 2.45) is 0 Å². The smallest absolute Gasteiger partial charge is 0.379 e. The van der Waals surface area contributed by atoms with Gasteiger partial charge in [0.1, 0.15) is 22.2 Å². The first-order valence-corrected chi connectivity index (χ1v) is 16.2. The molecule has 0 atom stereocenters. The van der Waals surface area contributed by atoms with E-state index in [-0.39, 0.29) is 29.3 Å². The van der Waals surface area contributed by atoms with Crippen LogP contribution in [0, 0.1) is 17.5 Å². The fourth-order valence-corrected chi connectivity index (χ4v) is 8.69. The summed E-state index contributed by atoms with van der Waals surface area (Å²) in [6.45, 7) is 0.492. The van der Waals surface area contributed by atoms with Crippen molar-refractivity contribution in [2.75, 3.05) is 26.3 Å². The Morgan fingerprint density at radius 1 is 0.787 bits per heavy atom. The van der Waals surface area contributed by atoms with Gasteiger partial charge in [-0.05, 0) is 67.6 Å². The van der Waals surface area contributed by atoms with Gasteiger partial charge in [-0.25, -0.2) is 21.6 Å². The van der Waals surface area contributed by atoms with Crippen LogP contribution in [0.4, 0.5) is 39.5 Å². The second kappa shape index (κ2) is 13.1. The number of halogens is 9. The van der Waals surface area contributed by atoms with Crippen LogP contribution in [0.25, 0.3) is 0 Å². The van der Waals surface area contributed by atoms with Gasteiger partial charge in [-0.15, -0.1) is 0 Å². The highest BCUT2D eigenvalue weighted by atomic mass is 32.2. The number of hydrogen-bond donors (Lipinski definition) is 0. The minimum absolute atomic E-state index is 0.0270. The summed E-state index contributed by atoms with van der Waals surface area (Å²) in [5.41, 5.74) is -7.69. The molecule has 0 bridgehead atoms. The van der Waals surface area contributed by atoms with E-state index in [1.165, 1.54) is 0 Å². The maximum absolute atomic E-state index is 14.5. The van der Waals surface area contributed by atoms with Gasteiger partial charge in [0.2, 0.25) is 0 Å². The van der Waals surface area contributed by atoms with Gasteiger partial charge in [0, 0.05) is 30.3 Å². The highest BCUT2D eigenvalue weighted by Gasteiger charge is 2.73. The monoisotopic (exact) mass is 695 g/mol. The molecule has 1 heterocycles. The summed E-state index contributed by atoms with van der Waals surface area (Å²) in [5, 5.41) is 0. The van der Waals surface area contributed by atoms with E-state index < -0.39 is 67.7 Å². The molecule has 1 aliphatic heterocycles. The molecule has 256 valence electrons. The lowest BCUT2D eigenvalue weighted by molar-refractivity contribution is -0.392. The van der Waals surface area contributed by atoms with E-state index in [0.29, 0.717) is 63.4 Å². The second-order valence-corrected chi connectivity index (χ2v) is 13.8. The summed E-state index contributed by atoms with van der Waals surface area (Å²) in [4.78, 5) is 1.89. The van der Waals surface area contributed by atoms with Crippen LogP contribution < -0.4 is 0 Å². The fourth-order valence-electron chi connectivity index (χ4n) is 6.52. The van der Waals surface area contributed by atoms with Crippen molar-refractivity contribution in [3.05, 3.63) is 101 Å². The van der Waals surface area contributed by atoms with E-state index in [2.05, 4.69) is 9.64 Å². The van der Waals surface area contributed by atoms with Crippen LogP contribution in [0.5, 0.6) is 0 Å². The molecule has 0 aromatic heterocycles. The predicted octanol–water partition coefficient (Wildman–Crippen LogP) is 7.58. The van der Waals surface area contributed by atoms with Gasteiger partial charge in [-0.3, -0.25) is 4.90 Å². The van der Waals surface area contributed by atoms with Gasteiger partial charge in [0.25, 0.3) is 5.60 Å². The molecule has 0 unspecified atom stereocenters. The van der Waals surface area contributed by atoms with E-state index in [9.17, 15) is 47.9 Å². The normalized spacial score (nSPS) is 21.9. The quantitative estimate of drug-likeness (QED) is 0.180. The topological polar surface area (TPSA) is 55.8 Å². The van der Waals surface area contributed by atoms with Gasteiger partial charge in [-0.2, -0.15) is 26.3 Å². The summed E-state index contributed by atoms with van der Waals surface area (Å²) in [7, 11) is -4.38. The van der Waals surface area contributed by atoms with E-state index in [1.54, 1.807) is 0 Å². The molecule has 1 saturated heterocycles. The molecule has 15 heteroatoms. The summed E-state index contributed by atoms with van der Waals surface area (Å²) < 4.78 is 165. The first-order valence-electron chi connectivity index (χ1n) is 14.7. The third-order valence-corrected chi connectivity index (χ3v) is 11.6. The Bertz CT molecular complexity index is 1610. The van der Waals surface area contributed by atoms with E-state index in [0.717, 1.165) is 42.5 Å². The van der Waals surface area contributed by atoms with Crippen LogP contribution in [-0.2, 0) is 36.3 Å². The SMILES string of the molecule is O=S(=O)(c1ccc(F)cc1)C1(c2ccc(C(OCc3c(F)cccc3F)(C(F)(F)F)C(F)(F)F)cc2)CCC(N2CCOCC2)CC1. The molecule has 0 amide bonds. The van der Waals surface area contributed by atoms with Crippen LogP contribution >= 0.6 is 0 Å². The van der Waals surface area contributed by atoms with Crippen molar-refractivity contribution in [2.45, 2.75) is 65.9 Å². The van der Waals surface area contributed by atoms with Gasteiger partial charge in [0.15, 0.2) is 9.84 Å². The van der Waals surface area contributed by atoms with Gasteiger partial charge in [0.05, 0.1) is 24.7 Å². The largest absolute Gasteiger partial charge is 0.430 e. The molecule has 0 spiro atoms. The average molecular weight is 696 g/mol. The molecule has 2 fully saturated rings. The maximum Gasteiger partial charge on any atom is 0.430 e. The van der Waals surface area contributed by atoms with Crippen LogP contribution in [0.3, 0.4) is 0 Å². The Kier molecular flexibility index (Phi) is 9.77. The molecule has 3 aromatic rings. The molecule has 0 radical (unpaired) electrons. The third-order valence-electron chi connectivity index (χ3n) is 9.07. The van der Waals surface area contributed by atoms with Gasteiger partial charge < -0.3 is 9.47 Å². The van der Waals surface area contributed by atoms with Crippen LogP contribution in [0.1, 0.15) is 42.4 Å². The average Bonchev–Trinajstić information content (AvgIpc) is 3.02. The standard InChI is InChI=1S/C32H30F9NO4S/c33-23-8-10-25(11-9-23)47(43,44)29(14-12-24(13-15-29)42-16-18-45-19-17-42)21-4-6-22(7-5-21)30(31(36,37)38,32(39,40)41)46-20-26-27(34)2-1-3-28(26)35/h1-11,24H,12-20H2. The highest BCUT2D eigenvalue weighted by Crippen LogP contribution is 2.54. The first-order chi connectivity index (χ1) is 22.0. The molecule has 0 N–H and O–H groups in total. The third kappa shape index (κ3) is 6.39. The maximum atomic E-state index is 14.5. The molecule has 47 heavy (non-hydrogen) atoms. The highest BCUT2D eigenvalue weighted by molar-refractivity contribution is 7.92. The number of hydrogen-bond acceptors (Lipinski definition) is 5. The summed E-state index contributed by atoms with van der Waals surface area (Å²) in [6.07, 6.45) is -11.7. The molecular weight excluding hydrogens is 665 g/mol. The van der Waals surface area contributed by atoms with Gasteiger partial charge in [-0.1, -0.05) is 30.3 Å². The second-order valence-electron chi connectivity index (χ2n) is 11.6. The zero-order chi connectivity index (χ0) is 34.3. The fraction of sp³-hybridized carbons (Fsp3) is 0.438. The Morgan fingerprint density at radius 2 is 1.32 bits per heavy atom. The van der Waals surface area contributed by atoms with Crippen LogP contribution in [0.15, 0.2) is 71.6 Å². The zero-order valence-electron chi connectivity index (χ0n) is 24.7. The number of rotatable bonds is 8. The number of ether oxygens (including phenoxy) is 2. The Hall–Kier alpha value is -3.14. The molecule has 1 aliphatic carbocycles. The summed E-state index contributed by atoms with van der Waals surface area (Å²) in [6, 6.07) is 8.89. The Balaban J connectivity index is 1.57. The number of sulfone groups is 1. The predicted molar refractivity (Wildman–Crippen MR) is 151 cm³/mol. The lowest BCUT2D eigenvalue weighted by atomic mass is 9.79. The van der Waals surface area contributed by atoms with Crippen LogP contribution in [-0.4, -0.2) is 58.0 Å². The van der Waals surface area contributed by atoms with Crippen LogP contribution in [0.2, 0.25) is 0 Å². The lowest BCUT2D eigenvalue weighted by Gasteiger charge is -2.44. The minimum atomic E-state index is -6.16. The number of benzene rings is 3. The molecule has 5 rings (SSSR count).